The topological polar surface area (TPSA) is 68.3 Å². The van der Waals surface area contributed by atoms with Crippen molar-refractivity contribution in [1.82, 2.24) is 4.98 Å². The lowest BCUT2D eigenvalue weighted by Gasteiger charge is -2.12. The Morgan fingerprint density at radius 2 is 1.86 bits per heavy atom. The van der Waals surface area contributed by atoms with Gasteiger partial charge in [0.25, 0.3) is 5.91 Å². The van der Waals surface area contributed by atoms with Crippen LogP contribution in [0.5, 0.6) is 0 Å². The number of halogens is 2. The third kappa shape index (κ3) is 4.43. The molecule has 0 saturated carbocycles. The summed E-state index contributed by atoms with van der Waals surface area (Å²) in [6.07, 6.45) is 0. The Morgan fingerprint density at radius 1 is 1.11 bits per heavy atom. The summed E-state index contributed by atoms with van der Waals surface area (Å²) in [6, 6.07) is 13.9. The highest BCUT2D eigenvalue weighted by Gasteiger charge is 2.17. The van der Waals surface area contributed by atoms with Gasteiger partial charge in [-0.1, -0.05) is 61.3 Å². The van der Waals surface area contributed by atoms with Crippen LogP contribution in [0.2, 0.25) is 10.0 Å². The van der Waals surface area contributed by atoms with Gasteiger partial charge in [-0.05, 0) is 30.2 Å². The van der Waals surface area contributed by atoms with E-state index in [-0.39, 0.29) is 10.9 Å². The largest absolute Gasteiger partial charge is 0.452 e. The Hall–Kier alpha value is -2.63. The molecule has 0 bridgehead atoms. The molecule has 1 aromatic heterocycles. The van der Waals surface area contributed by atoms with Gasteiger partial charge in [0.15, 0.2) is 6.61 Å². The molecule has 1 heterocycles. The van der Waals surface area contributed by atoms with Crippen molar-refractivity contribution in [2.75, 3.05) is 11.9 Å². The molecule has 0 radical (unpaired) electrons. The summed E-state index contributed by atoms with van der Waals surface area (Å²) in [7, 11) is 0. The van der Waals surface area contributed by atoms with Crippen LogP contribution in [0.3, 0.4) is 0 Å². The van der Waals surface area contributed by atoms with E-state index in [0.717, 1.165) is 5.69 Å². The van der Waals surface area contributed by atoms with Crippen molar-refractivity contribution in [1.29, 1.82) is 0 Å². The number of amides is 1. The molecule has 0 saturated heterocycles. The average Bonchev–Trinajstić information content (AvgIpc) is 2.68. The summed E-state index contributed by atoms with van der Waals surface area (Å²) in [6.45, 7) is 3.54. The molecular weight excluding hydrogens is 399 g/mol. The second kappa shape index (κ2) is 8.59. The van der Waals surface area contributed by atoms with Crippen LogP contribution in [0.4, 0.5) is 5.69 Å². The highest BCUT2D eigenvalue weighted by Crippen LogP contribution is 2.29. The molecular formula is C21H18Cl2N2O3. The number of nitrogens with one attached hydrogen (secondary N) is 1. The van der Waals surface area contributed by atoms with E-state index >= 15 is 0 Å². The number of pyridine rings is 1. The maximum absolute atomic E-state index is 12.6. The van der Waals surface area contributed by atoms with Crippen molar-refractivity contribution in [3.05, 3.63) is 69.8 Å². The van der Waals surface area contributed by atoms with Crippen LogP contribution < -0.4 is 5.32 Å². The second-order valence-corrected chi connectivity index (χ2v) is 7.28. The van der Waals surface area contributed by atoms with Gasteiger partial charge in [-0.3, -0.25) is 9.78 Å². The molecule has 2 aromatic carbocycles. The van der Waals surface area contributed by atoms with E-state index < -0.39 is 18.5 Å². The number of para-hydroxylation sites is 1. The fourth-order valence-electron chi connectivity index (χ4n) is 2.66. The maximum atomic E-state index is 12.6. The van der Waals surface area contributed by atoms with Crippen molar-refractivity contribution >= 4 is 51.7 Å². The van der Waals surface area contributed by atoms with E-state index in [1.54, 1.807) is 30.3 Å². The summed E-state index contributed by atoms with van der Waals surface area (Å²) < 4.78 is 5.22. The van der Waals surface area contributed by atoms with Crippen LogP contribution in [0.15, 0.2) is 48.5 Å². The van der Waals surface area contributed by atoms with Gasteiger partial charge in [0.2, 0.25) is 0 Å². The predicted molar refractivity (Wildman–Crippen MR) is 111 cm³/mol. The Kier molecular flexibility index (Phi) is 6.17. The number of hydrogen-bond donors (Lipinski definition) is 1. The fraction of sp³-hybridized carbons (Fsp3) is 0.190. The molecule has 0 atom stereocenters. The lowest BCUT2D eigenvalue weighted by molar-refractivity contribution is -0.119. The summed E-state index contributed by atoms with van der Waals surface area (Å²) in [4.78, 5) is 29.4. The monoisotopic (exact) mass is 416 g/mol. The fourth-order valence-corrected chi connectivity index (χ4v) is 3.00. The SMILES string of the molecule is CC(C)c1cc(C(=O)OCC(=O)Nc2cccc(Cl)c2Cl)c2ccccc2n1. The molecule has 144 valence electrons. The molecule has 5 nitrogen and oxygen atoms in total. The summed E-state index contributed by atoms with van der Waals surface area (Å²) >= 11 is 12.0. The molecule has 28 heavy (non-hydrogen) atoms. The molecule has 0 aliphatic rings. The highest BCUT2D eigenvalue weighted by molar-refractivity contribution is 6.44. The van der Waals surface area contributed by atoms with Crippen LogP contribution in [0.25, 0.3) is 10.9 Å². The van der Waals surface area contributed by atoms with Gasteiger partial charge < -0.3 is 10.1 Å². The van der Waals surface area contributed by atoms with Crippen LogP contribution in [-0.4, -0.2) is 23.5 Å². The Morgan fingerprint density at radius 3 is 2.61 bits per heavy atom. The number of fused-ring (bicyclic) bond motifs is 1. The zero-order valence-corrected chi connectivity index (χ0v) is 16.8. The number of ether oxygens (including phenoxy) is 1. The van der Waals surface area contributed by atoms with Crippen LogP contribution >= 0.6 is 23.2 Å². The molecule has 0 unspecified atom stereocenters. The Bertz CT molecular complexity index is 1050. The first kappa shape index (κ1) is 20.1. The molecule has 1 amide bonds. The highest BCUT2D eigenvalue weighted by atomic mass is 35.5. The number of carbonyl (C=O) groups is 2. The van der Waals surface area contributed by atoms with Crippen molar-refractivity contribution in [3.63, 3.8) is 0 Å². The third-order valence-corrected chi connectivity index (χ3v) is 4.93. The average molecular weight is 417 g/mol. The molecule has 0 aliphatic heterocycles. The van der Waals surface area contributed by atoms with Crippen molar-refractivity contribution in [2.24, 2.45) is 0 Å². The summed E-state index contributed by atoms with van der Waals surface area (Å²) in [5.41, 5.74) is 2.21. The zero-order valence-electron chi connectivity index (χ0n) is 15.3. The first-order valence-corrected chi connectivity index (χ1v) is 9.43. The number of benzene rings is 2. The van der Waals surface area contributed by atoms with Crippen molar-refractivity contribution in [2.45, 2.75) is 19.8 Å². The molecule has 3 rings (SSSR count). The Labute approximate surface area is 172 Å². The standard InChI is InChI=1S/C21H18Cl2N2O3/c1-12(2)18-10-14(13-6-3-4-8-16(13)24-18)21(27)28-11-19(26)25-17-9-5-7-15(22)20(17)23/h3-10,12H,11H2,1-2H3,(H,25,26). The number of carbonyl (C=O) groups excluding carboxylic acids is 2. The minimum absolute atomic E-state index is 0.143. The quantitative estimate of drug-likeness (QED) is 0.560. The summed E-state index contributed by atoms with van der Waals surface area (Å²) in [5, 5.41) is 3.80. The van der Waals surface area contributed by atoms with Gasteiger partial charge >= 0.3 is 5.97 Å². The van der Waals surface area contributed by atoms with Crippen LogP contribution in [0.1, 0.15) is 35.8 Å². The summed E-state index contributed by atoms with van der Waals surface area (Å²) in [5.74, 6) is -0.961. The number of anilines is 1. The smallest absolute Gasteiger partial charge is 0.339 e. The van der Waals surface area contributed by atoms with Crippen LogP contribution in [-0.2, 0) is 9.53 Å². The van der Waals surface area contributed by atoms with Gasteiger partial charge in [0.05, 0.1) is 26.8 Å². The molecule has 3 aromatic rings. The predicted octanol–water partition coefficient (Wildman–Crippen LogP) is 5.46. The van der Waals surface area contributed by atoms with Gasteiger partial charge in [-0.15, -0.1) is 0 Å². The van der Waals surface area contributed by atoms with E-state index in [0.29, 0.717) is 27.2 Å². The maximum Gasteiger partial charge on any atom is 0.339 e. The van der Waals surface area contributed by atoms with Gasteiger partial charge in [-0.2, -0.15) is 0 Å². The van der Waals surface area contributed by atoms with Crippen molar-refractivity contribution < 1.29 is 14.3 Å². The van der Waals surface area contributed by atoms with E-state index in [1.165, 1.54) is 0 Å². The molecule has 1 N–H and O–H groups in total. The van der Waals surface area contributed by atoms with Gasteiger partial charge in [0.1, 0.15) is 0 Å². The number of rotatable bonds is 5. The zero-order chi connectivity index (χ0) is 20.3. The number of nitrogens with zero attached hydrogens (tertiary/aromatic N) is 1. The van der Waals surface area contributed by atoms with E-state index in [2.05, 4.69) is 10.3 Å². The van der Waals surface area contributed by atoms with Crippen LogP contribution in [0, 0.1) is 0 Å². The number of hydrogen-bond acceptors (Lipinski definition) is 4. The minimum atomic E-state index is -0.590. The Balaban J connectivity index is 1.76. The third-order valence-electron chi connectivity index (χ3n) is 4.11. The van der Waals surface area contributed by atoms with Gasteiger partial charge in [0, 0.05) is 11.1 Å². The lowest BCUT2D eigenvalue weighted by atomic mass is 10.0. The number of esters is 1. The van der Waals surface area contributed by atoms with E-state index in [9.17, 15) is 9.59 Å². The lowest BCUT2D eigenvalue weighted by Crippen LogP contribution is -2.21. The first-order chi connectivity index (χ1) is 13.4. The number of aromatic nitrogens is 1. The van der Waals surface area contributed by atoms with E-state index in [4.69, 9.17) is 27.9 Å². The molecule has 0 spiro atoms. The van der Waals surface area contributed by atoms with Gasteiger partial charge in [-0.25, -0.2) is 4.79 Å². The minimum Gasteiger partial charge on any atom is -0.452 e. The first-order valence-electron chi connectivity index (χ1n) is 8.67. The molecule has 7 heteroatoms. The normalized spacial score (nSPS) is 10.9. The van der Waals surface area contributed by atoms with E-state index in [1.807, 2.05) is 32.0 Å². The molecule has 0 fully saturated rings. The second-order valence-electron chi connectivity index (χ2n) is 6.49. The molecule has 0 aliphatic carbocycles. The van der Waals surface area contributed by atoms with Crippen molar-refractivity contribution in [3.8, 4) is 0 Å².